The van der Waals surface area contributed by atoms with E-state index in [1.165, 1.54) is 11.1 Å². The zero-order valence-electron chi connectivity index (χ0n) is 21.0. The van der Waals surface area contributed by atoms with Crippen LogP contribution in [0.25, 0.3) is 0 Å². The lowest BCUT2D eigenvalue weighted by Gasteiger charge is -2.13. The molecule has 9 heteroatoms. The van der Waals surface area contributed by atoms with Crippen LogP contribution < -0.4 is 11.1 Å². The molecule has 0 bridgehead atoms. The van der Waals surface area contributed by atoms with Crippen LogP contribution in [0.15, 0.2) is 94.1 Å². The quantitative estimate of drug-likeness (QED) is 0.215. The van der Waals surface area contributed by atoms with E-state index in [0.717, 1.165) is 46.0 Å². The van der Waals surface area contributed by atoms with Crippen LogP contribution in [-0.2, 0) is 12.8 Å². The SMILES string of the molecule is C.NC1CCc2cc(Br)cnc21.O=C(Cl)c1ccccc1.O=C(NC1CCc2cc(Br)cnc21)c1ccccc1. The van der Waals surface area contributed by atoms with Crippen LogP contribution in [-0.4, -0.2) is 21.1 Å². The first-order chi connectivity index (χ1) is 18.8. The highest BCUT2D eigenvalue weighted by molar-refractivity contribution is 9.10. The van der Waals surface area contributed by atoms with E-state index in [2.05, 4.69) is 59.3 Å². The number of nitrogens with two attached hydrogens (primary N) is 1. The molecule has 40 heavy (non-hydrogen) atoms. The van der Waals surface area contributed by atoms with E-state index in [9.17, 15) is 9.59 Å². The van der Waals surface area contributed by atoms with Gasteiger partial charge in [0.2, 0.25) is 0 Å². The second-order valence-electron chi connectivity index (χ2n) is 9.11. The van der Waals surface area contributed by atoms with Gasteiger partial charge in [-0.25, -0.2) is 0 Å². The average Bonchev–Trinajstić information content (AvgIpc) is 3.52. The van der Waals surface area contributed by atoms with Crippen molar-refractivity contribution in [2.45, 2.75) is 45.2 Å². The van der Waals surface area contributed by atoms with Gasteiger partial charge in [0, 0.05) is 38.5 Å². The van der Waals surface area contributed by atoms with E-state index in [1.807, 2.05) is 42.6 Å². The predicted octanol–water partition coefficient (Wildman–Crippen LogP) is 7.75. The first-order valence-electron chi connectivity index (χ1n) is 12.5. The molecule has 0 fully saturated rings. The van der Waals surface area contributed by atoms with Crippen LogP contribution in [0, 0.1) is 0 Å². The molecule has 0 radical (unpaired) electrons. The van der Waals surface area contributed by atoms with Gasteiger partial charge < -0.3 is 11.1 Å². The maximum atomic E-state index is 12.1. The first kappa shape index (κ1) is 31.6. The van der Waals surface area contributed by atoms with Crippen LogP contribution in [0.2, 0.25) is 0 Å². The number of amides is 1. The molecule has 2 aromatic heterocycles. The lowest BCUT2D eigenvalue weighted by molar-refractivity contribution is 0.0935. The van der Waals surface area contributed by atoms with Crippen LogP contribution >= 0.6 is 43.5 Å². The van der Waals surface area contributed by atoms with E-state index in [4.69, 9.17) is 17.3 Å². The molecule has 2 aromatic carbocycles. The number of rotatable bonds is 3. The van der Waals surface area contributed by atoms with Crippen molar-refractivity contribution in [3.63, 3.8) is 0 Å². The Bertz CT molecular complexity index is 1440. The topological polar surface area (TPSA) is 98.0 Å². The van der Waals surface area contributed by atoms with Gasteiger partial charge in [-0.2, -0.15) is 0 Å². The molecule has 0 aliphatic heterocycles. The third kappa shape index (κ3) is 8.54. The van der Waals surface area contributed by atoms with Gasteiger partial charge in [0.05, 0.1) is 17.4 Å². The highest BCUT2D eigenvalue weighted by Gasteiger charge is 2.25. The van der Waals surface area contributed by atoms with Gasteiger partial charge in [0.25, 0.3) is 11.1 Å². The molecule has 6 nitrogen and oxygen atoms in total. The first-order valence-corrected chi connectivity index (χ1v) is 14.4. The Hall–Kier alpha value is -2.91. The van der Waals surface area contributed by atoms with Gasteiger partial charge in [-0.05, 0) is 105 Å². The standard InChI is InChI=1S/C15H13BrN2O.C8H9BrN2.C7H5ClO.CH4/c16-12-8-11-6-7-13(14(11)17-9-12)18-15(19)10-4-2-1-3-5-10;9-6-3-5-1-2-7(10)8(5)11-4-6;8-7(9)6-4-2-1-3-5-6;/h1-5,8-9,13H,6-7H2,(H,18,19);3-4,7H,1-2,10H2;1-5H;1H4. The molecule has 0 saturated carbocycles. The zero-order chi connectivity index (χ0) is 27.8. The average molecular weight is 687 g/mol. The second kappa shape index (κ2) is 15.2. The zero-order valence-corrected chi connectivity index (χ0v) is 24.9. The Balaban J connectivity index is 0.000000179. The number of carbonyl (C=O) groups is 2. The molecule has 6 rings (SSSR count). The molecule has 4 aromatic rings. The molecule has 208 valence electrons. The minimum absolute atomic E-state index is 0. The number of aryl methyl sites for hydroxylation is 2. The van der Waals surface area contributed by atoms with E-state index < -0.39 is 5.24 Å². The van der Waals surface area contributed by atoms with Crippen molar-refractivity contribution in [3.05, 3.63) is 128 Å². The van der Waals surface area contributed by atoms with E-state index >= 15 is 0 Å². The second-order valence-corrected chi connectivity index (χ2v) is 11.3. The van der Waals surface area contributed by atoms with E-state index in [0.29, 0.717) is 11.1 Å². The summed E-state index contributed by atoms with van der Waals surface area (Å²) in [6, 6.07) is 22.4. The fraction of sp³-hybridized carbons (Fsp3) is 0.226. The van der Waals surface area contributed by atoms with Crippen LogP contribution in [0.1, 0.15) is 75.6 Å². The summed E-state index contributed by atoms with van der Waals surface area (Å²) in [7, 11) is 0. The number of nitrogens with zero attached hydrogens (tertiary/aromatic N) is 2. The minimum Gasteiger partial charge on any atom is -0.344 e. The van der Waals surface area contributed by atoms with Crippen LogP contribution in [0.4, 0.5) is 0 Å². The van der Waals surface area contributed by atoms with Crippen LogP contribution in [0.5, 0.6) is 0 Å². The van der Waals surface area contributed by atoms with Crippen molar-refractivity contribution in [2.75, 3.05) is 0 Å². The highest BCUT2D eigenvalue weighted by atomic mass is 79.9. The number of hydrogen-bond donors (Lipinski definition) is 2. The number of benzene rings is 2. The largest absolute Gasteiger partial charge is 0.344 e. The monoisotopic (exact) mass is 684 g/mol. The van der Waals surface area contributed by atoms with Gasteiger partial charge in [-0.1, -0.05) is 56.0 Å². The number of pyridine rings is 2. The lowest BCUT2D eigenvalue weighted by atomic mass is 10.1. The molecule has 2 unspecified atom stereocenters. The van der Waals surface area contributed by atoms with Gasteiger partial charge in [-0.15, -0.1) is 0 Å². The van der Waals surface area contributed by atoms with Crippen molar-refractivity contribution in [1.82, 2.24) is 15.3 Å². The summed E-state index contributed by atoms with van der Waals surface area (Å²) >= 11 is 12.0. The molecule has 2 aliphatic rings. The number of fused-ring (bicyclic) bond motifs is 2. The molecule has 0 spiro atoms. The lowest BCUT2D eigenvalue weighted by Crippen LogP contribution is -2.27. The molecule has 2 heterocycles. The van der Waals surface area contributed by atoms with Crippen molar-refractivity contribution >= 4 is 54.6 Å². The third-order valence-electron chi connectivity index (χ3n) is 6.39. The van der Waals surface area contributed by atoms with Gasteiger partial charge >= 0.3 is 0 Å². The number of halogens is 3. The van der Waals surface area contributed by atoms with Gasteiger partial charge in [0.15, 0.2) is 0 Å². The number of nitrogens with one attached hydrogen (secondary N) is 1. The van der Waals surface area contributed by atoms with Crippen LogP contribution in [0.3, 0.4) is 0 Å². The molecule has 0 saturated heterocycles. The van der Waals surface area contributed by atoms with E-state index in [-0.39, 0.29) is 25.4 Å². The van der Waals surface area contributed by atoms with Gasteiger partial charge in [0.1, 0.15) is 0 Å². The fourth-order valence-electron chi connectivity index (χ4n) is 4.46. The summed E-state index contributed by atoms with van der Waals surface area (Å²) in [5.74, 6) is -0.0387. The Labute approximate surface area is 257 Å². The minimum atomic E-state index is -0.407. The molecule has 2 aliphatic carbocycles. The molecular weight excluding hydrogens is 656 g/mol. The molecule has 3 N–H and O–H groups in total. The normalized spacial score (nSPS) is 16.1. The summed E-state index contributed by atoms with van der Waals surface area (Å²) in [5.41, 5.74) is 11.6. The highest BCUT2D eigenvalue weighted by Crippen LogP contribution is 2.31. The summed E-state index contributed by atoms with van der Waals surface area (Å²) in [6.45, 7) is 0. The maximum Gasteiger partial charge on any atom is 0.252 e. The number of carbonyl (C=O) groups excluding carboxylic acids is 2. The number of aromatic nitrogens is 2. The Morgan fingerprint density at radius 3 is 1.85 bits per heavy atom. The molecule has 1 amide bonds. The fourth-order valence-corrected chi connectivity index (χ4v) is 5.34. The summed E-state index contributed by atoms with van der Waals surface area (Å²) in [5, 5.41) is 2.65. The van der Waals surface area contributed by atoms with E-state index in [1.54, 1.807) is 30.5 Å². The molecule has 2 atom stereocenters. The Kier molecular flexibility index (Phi) is 12.0. The number of hydrogen-bond acceptors (Lipinski definition) is 5. The Morgan fingerprint density at radius 2 is 1.30 bits per heavy atom. The van der Waals surface area contributed by atoms with Crippen molar-refractivity contribution < 1.29 is 9.59 Å². The predicted molar refractivity (Wildman–Crippen MR) is 167 cm³/mol. The molecular formula is C31H31Br2ClN4O2. The van der Waals surface area contributed by atoms with Crippen molar-refractivity contribution in [2.24, 2.45) is 5.73 Å². The smallest absolute Gasteiger partial charge is 0.252 e. The Morgan fingerprint density at radius 1 is 0.800 bits per heavy atom. The maximum absolute atomic E-state index is 12.1. The van der Waals surface area contributed by atoms with Gasteiger partial charge in [-0.3, -0.25) is 19.6 Å². The summed E-state index contributed by atoms with van der Waals surface area (Å²) < 4.78 is 2.03. The van der Waals surface area contributed by atoms with Crippen molar-refractivity contribution in [3.8, 4) is 0 Å². The third-order valence-corrected chi connectivity index (χ3v) is 7.47. The summed E-state index contributed by atoms with van der Waals surface area (Å²) in [4.78, 5) is 31.2. The summed E-state index contributed by atoms with van der Waals surface area (Å²) in [6.07, 6.45) is 7.58. The van der Waals surface area contributed by atoms with Crippen molar-refractivity contribution in [1.29, 1.82) is 0 Å².